The van der Waals surface area contributed by atoms with E-state index in [0.29, 0.717) is 6.61 Å². The smallest absolute Gasteiger partial charge is 0.378 e. The highest BCUT2D eigenvalue weighted by Gasteiger charge is 2.50. The lowest BCUT2D eigenvalue weighted by Gasteiger charge is -2.19. The summed E-state index contributed by atoms with van der Waals surface area (Å²) in [7, 11) is 0. The summed E-state index contributed by atoms with van der Waals surface area (Å²) in [5.41, 5.74) is 0. The molecule has 0 aromatic rings. The van der Waals surface area contributed by atoms with E-state index in [1.807, 2.05) is 0 Å². The Morgan fingerprint density at radius 2 is 1.82 bits per heavy atom. The van der Waals surface area contributed by atoms with Crippen LogP contribution in [0.25, 0.3) is 0 Å². The molecule has 2 amide bonds. The van der Waals surface area contributed by atoms with Crippen LogP contribution in [0, 0.1) is 11.8 Å². The molecule has 2 rings (SSSR count). The second-order valence-corrected chi connectivity index (χ2v) is 4.58. The van der Waals surface area contributed by atoms with E-state index in [0.717, 1.165) is 30.7 Å². The fourth-order valence-corrected chi connectivity index (χ4v) is 2.63. The van der Waals surface area contributed by atoms with Crippen LogP contribution in [0.2, 0.25) is 0 Å². The molecule has 2 unspecified atom stereocenters. The predicted molar refractivity (Wildman–Crippen MR) is 62.6 cm³/mol. The van der Waals surface area contributed by atoms with Crippen molar-refractivity contribution in [3.05, 3.63) is 0 Å². The van der Waals surface area contributed by atoms with Crippen molar-refractivity contribution in [2.24, 2.45) is 11.8 Å². The van der Waals surface area contributed by atoms with Crippen LogP contribution in [0.3, 0.4) is 0 Å². The van der Waals surface area contributed by atoms with E-state index >= 15 is 0 Å². The van der Waals surface area contributed by atoms with Gasteiger partial charge >= 0.3 is 5.24 Å². The summed E-state index contributed by atoms with van der Waals surface area (Å²) in [5.74, 6) is -0.996. The van der Waals surface area contributed by atoms with Crippen LogP contribution >= 0.6 is 12.2 Å². The first kappa shape index (κ1) is 12.3. The van der Waals surface area contributed by atoms with Crippen LogP contribution in [0.4, 0.5) is 0 Å². The van der Waals surface area contributed by atoms with E-state index in [9.17, 15) is 9.59 Å². The van der Waals surface area contributed by atoms with Crippen LogP contribution in [0.5, 0.6) is 0 Å². The number of thiocarbonyl (C=S) groups is 1. The van der Waals surface area contributed by atoms with E-state index in [4.69, 9.17) is 21.8 Å². The van der Waals surface area contributed by atoms with Crippen molar-refractivity contribution in [1.29, 1.82) is 0 Å². The maximum Gasteiger partial charge on any atom is 0.378 e. The van der Waals surface area contributed by atoms with E-state index in [-0.39, 0.29) is 28.9 Å². The molecule has 0 spiro atoms. The molecular weight excluding hydrogens is 242 g/mol. The monoisotopic (exact) mass is 257 g/mol. The Balaban J connectivity index is 2.05. The minimum absolute atomic E-state index is 0.173. The molecule has 5 nitrogen and oxygen atoms in total. The Hall–Kier alpha value is -1.17. The third-order valence-corrected chi connectivity index (χ3v) is 3.42. The first-order valence-electron chi connectivity index (χ1n) is 5.87. The van der Waals surface area contributed by atoms with Gasteiger partial charge in [0.25, 0.3) is 11.8 Å². The molecule has 17 heavy (non-hydrogen) atoms. The Labute approximate surface area is 105 Å². The van der Waals surface area contributed by atoms with Gasteiger partial charge in [-0.25, -0.2) is 0 Å². The molecule has 0 N–H and O–H groups in total. The van der Waals surface area contributed by atoms with Crippen LogP contribution in [-0.4, -0.2) is 28.7 Å². The van der Waals surface area contributed by atoms with Gasteiger partial charge in [0.2, 0.25) is 0 Å². The van der Waals surface area contributed by atoms with Gasteiger partial charge in [-0.05, 0) is 19.8 Å². The quantitative estimate of drug-likeness (QED) is 0.553. The molecular formula is C11H15NO4S. The van der Waals surface area contributed by atoms with Gasteiger partial charge in [-0.1, -0.05) is 12.8 Å². The van der Waals surface area contributed by atoms with Gasteiger partial charge in [-0.3, -0.25) is 9.59 Å². The van der Waals surface area contributed by atoms with Crippen molar-refractivity contribution < 1.29 is 19.2 Å². The maximum atomic E-state index is 12.0. The number of carbonyl (C=O) groups is 2. The largest absolute Gasteiger partial charge is 0.456 e. The molecule has 1 heterocycles. The summed E-state index contributed by atoms with van der Waals surface area (Å²) in [5, 5.41) is 0.617. The zero-order valence-electron chi connectivity index (χ0n) is 9.68. The van der Waals surface area contributed by atoms with E-state index < -0.39 is 0 Å². The van der Waals surface area contributed by atoms with Crippen LogP contribution in [0.15, 0.2) is 0 Å². The van der Waals surface area contributed by atoms with Gasteiger partial charge in [-0.15, -0.1) is 5.06 Å². The SMILES string of the molecule is CCOC(=S)ON1C(=O)C2CCCCC2C1=O. The van der Waals surface area contributed by atoms with Crippen LogP contribution < -0.4 is 0 Å². The molecule has 1 aliphatic heterocycles. The number of imide groups is 1. The molecule has 2 fully saturated rings. The standard InChI is InChI=1S/C11H15NO4S/c1-2-15-11(17)16-12-9(13)7-5-3-4-6-8(7)10(12)14/h7-8H,2-6H2,1H3. The topological polar surface area (TPSA) is 55.8 Å². The molecule has 0 radical (unpaired) electrons. The number of ether oxygens (including phenoxy) is 1. The average molecular weight is 257 g/mol. The van der Waals surface area contributed by atoms with E-state index in [1.165, 1.54) is 0 Å². The number of fused-ring (bicyclic) bond motifs is 1. The third kappa shape index (κ3) is 2.26. The Morgan fingerprint density at radius 3 is 2.29 bits per heavy atom. The van der Waals surface area contributed by atoms with Crippen molar-refractivity contribution in [2.75, 3.05) is 6.61 Å². The zero-order valence-corrected chi connectivity index (χ0v) is 10.5. The van der Waals surface area contributed by atoms with Crippen molar-refractivity contribution in [3.63, 3.8) is 0 Å². The fourth-order valence-electron chi connectivity index (χ4n) is 2.44. The molecule has 6 heteroatoms. The second-order valence-electron chi connectivity index (χ2n) is 4.24. The van der Waals surface area contributed by atoms with Gasteiger partial charge in [0, 0.05) is 12.2 Å². The third-order valence-electron chi connectivity index (χ3n) is 3.23. The lowest BCUT2D eigenvalue weighted by Crippen LogP contribution is -2.34. The number of hydrogen-bond acceptors (Lipinski definition) is 5. The predicted octanol–water partition coefficient (Wildman–Crippen LogP) is 1.41. The van der Waals surface area contributed by atoms with Crippen molar-refractivity contribution >= 4 is 29.3 Å². The number of nitrogens with zero attached hydrogens (tertiary/aromatic N) is 1. The van der Waals surface area contributed by atoms with Gasteiger partial charge in [0.05, 0.1) is 18.4 Å². The zero-order chi connectivity index (χ0) is 12.4. The summed E-state index contributed by atoms with van der Waals surface area (Å²) < 4.78 is 4.92. The molecule has 0 aromatic heterocycles. The Bertz CT molecular complexity index is 333. The minimum atomic E-state index is -0.276. The Kier molecular flexibility index (Phi) is 3.61. The number of hydrogen-bond donors (Lipinski definition) is 0. The van der Waals surface area contributed by atoms with E-state index in [2.05, 4.69) is 0 Å². The van der Waals surface area contributed by atoms with Crippen LogP contribution in [0.1, 0.15) is 32.6 Å². The first-order chi connectivity index (χ1) is 8.15. The molecule has 94 valence electrons. The van der Waals surface area contributed by atoms with Crippen molar-refractivity contribution in [2.45, 2.75) is 32.6 Å². The molecule has 1 aliphatic carbocycles. The molecule has 1 saturated heterocycles. The van der Waals surface area contributed by atoms with Gasteiger partial charge in [0.1, 0.15) is 0 Å². The number of hydroxylamine groups is 2. The van der Waals surface area contributed by atoms with Gasteiger partial charge in [0.15, 0.2) is 0 Å². The number of carbonyl (C=O) groups excluding carboxylic acids is 2. The fraction of sp³-hybridized carbons (Fsp3) is 0.727. The average Bonchev–Trinajstić information content (AvgIpc) is 2.56. The summed E-state index contributed by atoms with van der Waals surface area (Å²) >= 11 is 4.77. The van der Waals surface area contributed by atoms with Crippen molar-refractivity contribution in [1.82, 2.24) is 5.06 Å². The maximum absolute atomic E-state index is 12.0. The molecule has 0 bridgehead atoms. The summed E-state index contributed by atoms with van der Waals surface area (Å²) in [4.78, 5) is 28.9. The minimum Gasteiger partial charge on any atom is -0.456 e. The number of rotatable bonds is 2. The molecule has 2 atom stereocenters. The lowest BCUT2D eigenvalue weighted by atomic mass is 9.81. The number of amides is 2. The summed E-state index contributed by atoms with van der Waals surface area (Å²) in [6.45, 7) is 2.10. The van der Waals surface area contributed by atoms with Gasteiger partial charge < -0.3 is 9.57 Å². The van der Waals surface area contributed by atoms with Gasteiger partial charge in [-0.2, -0.15) is 0 Å². The van der Waals surface area contributed by atoms with Crippen LogP contribution in [-0.2, 0) is 19.2 Å². The molecule has 2 aliphatic rings. The second kappa shape index (κ2) is 5.00. The molecule has 1 saturated carbocycles. The normalized spacial score (nSPS) is 27.9. The Morgan fingerprint density at radius 1 is 1.29 bits per heavy atom. The molecule has 0 aromatic carbocycles. The lowest BCUT2D eigenvalue weighted by molar-refractivity contribution is -0.172. The summed E-state index contributed by atoms with van der Waals surface area (Å²) in [6, 6.07) is 0. The first-order valence-corrected chi connectivity index (χ1v) is 6.28. The highest BCUT2D eigenvalue weighted by molar-refractivity contribution is 7.79. The highest BCUT2D eigenvalue weighted by Crippen LogP contribution is 2.38. The van der Waals surface area contributed by atoms with Crippen molar-refractivity contribution in [3.8, 4) is 0 Å². The van der Waals surface area contributed by atoms with E-state index in [1.54, 1.807) is 6.92 Å². The highest BCUT2D eigenvalue weighted by atomic mass is 32.1. The summed E-state index contributed by atoms with van der Waals surface area (Å²) in [6.07, 6.45) is 3.50.